The van der Waals surface area contributed by atoms with Crippen molar-refractivity contribution in [1.29, 1.82) is 0 Å². The van der Waals surface area contributed by atoms with E-state index in [1.54, 1.807) is 36.9 Å². The fourth-order valence-corrected chi connectivity index (χ4v) is 2.06. The number of methoxy groups -OCH3 is 1. The lowest BCUT2D eigenvalue weighted by atomic mass is 10.2. The third-order valence-corrected chi connectivity index (χ3v) is 3.79. The first-order chi connectivity index (χ1) is 12.3. The number of nitrogens with one attached hydrogen (secondary N) is 1. The van der Waals surface area contributed by atoms with Gasteiger partial charge in [-0.2, -0.15) is 13.5 Å². The van der Waals surface area contributed by atoms with Crippen LogP contribution in [0.15, 0.2) is 63.6 Å². The second-order valence-corrected chi connectivity index (χ2v) is 6.32. The molecule has 0 aliphatic heterocycles. The quantitative estimate of drug-likeness (QED) is 0.272. The Bertz CT molecular complexity index is 847. The van der Waals surface area contributed by atoms with E-state index in [1.165, 1.54) is 18.3 Å². The van der Waals surface area contributed by atoms with Gasteiger partial charge in [0.1, 0.15) is 5.75 Å². The van der Waals surface area contributed by atoms with Crippen LogP contribution in [-0.2, 0) is 10.1 Å². The summed E-state index contributed by atoms with van der Waals surface area (Å²) < 4.78 is 34.5. The van der Waals surface area contributed by atoms with Gasteiger partial charge in [0, 0.05) is 0 Å². The van der Waals surface area contributed by atoms with Crippen LogP contribution in [-0.4, -0.2) is 37.5 Å². The van der Waals surface area contributed by atoms with Crippen LogP contribution in [0.4, 0.5) is 0 Å². The highest BCUT2D eigenvalue weighted by Crippen LogP contribution is 2.10. The Hall–Kier alpha value is -2.95. The molecule has 0 bridgehead atoms. The molecule has 10 heteroatoms. The molecule has 0 atom stereocenters. The van der Waals surface area contributed by atoms with Crippen molar-refractivity contribution in [3.05, 3.63) is 59.7 Å². The van der Waals surface area contributed by atoms with E-state index >= 15 is 0 Å². The molecule has 2 aromatic carbocycles. The minimum absolute atomic E-state index is 0.0666. The maximum Gasteiger partial charge on any atom is 0.294 e. The zero-order chi connectivity index (χ0) is 19.6. The minimum Gasteiger partial charge on any atom is -0.497 e. The molecule has 140 valence electrons. The number of nitrogens with two attached hydrogens (primary N) is 1. The van der Waals surface area contributed by atoms with Crippen molar-refractivity contribution in [1.82, 2.24) is 5.48 Å². The number of ether oxygens (including phenoxy) is 1. The topological polar surface area (TPSA) is 147 Å². The maximum absolute atomic E-state index is 10.5. The Morgan fingerprint density at radius 3 is 2.19 bits per heavy atom. The standard InChI is InChI=1S/C9H12N4O2.C7H8O3S/c1-15-8-4-2-7(3-5-8)6-11-12-9(10)13-14;1-6-2-4-7(5-3-6)11(8,9)10/h2-6,14H,1H3,(H3,10,12,13);2-5H,1H3,(H,8,9,10)/b11-6+;. The van der Waals surface area contributed by atoms with Crippen molar-refractivity contribution >= 4 is 22.3 Å². The van der Waals surface area contributed by atoms with Crippen LogP contribution in [0, 0.1) is 6.92 Å². The molecule has 0 fully saturated rings. The molecule has 0 heterocycles. The van der Waals surface area contributed by atoms with E-state index in [1.807, 2.05) is 19.1 Å². The molecule has 0 saturated heterocycles. The van der Waals surface area contributed by atoms with Crippen molar-refractivity contribution in [2.45, 2.75) is 11.8 Å². The lowest BCUT2D eigenvalue weighted by molar-refractivity contribution is 0.232. The normalized spacial score (nSPS) is 11.6. The molecule has 2 rings (SSSR count). The SMILES string of the molecule is COc1ccc(/C=N/N=C(/N)NO)cc1.Cc1ccc(S(=O)(=O)O)cc1. The Balaban J connectivity index is 0.000000273. The Morgan fingerprint density at radius 1 is 1.15 bits per heavy atom. The van der Waals surface area contributed by atoms with Crippen molar-refractivity contribution in [3.8, 4) is 5.75 Å². The summed E-state index contributed by atoms with van der Waals surface area (Å²) in [5, 5.41) is 15.4. The molecule has 0 unspecified atom stereocenters. The number of benzene rings is 2. The molecule has 0 spiro atoms. The van der Waals surface area contributed by atoms with Crippen molar-refractivity contribution < 1.29 is 22.9 Å². The van der Waals surface area contributed by atoms with Crippen LogP contribution in [0.3, 0.4) is 0 Å². The summed E-state index contributed by atoms with van der Waals surface area (Å²) in [5.41, 5.74) is 8.61. The average Bonchev–Trinajstić information content (AvgIpc) is 2.62. The number of aryl methyl sites for hydroxylation is 1. The maximum atomic E-state index is 10.5. The summed E-state index contributed by atoms with van der Waals surface area (Å²) in [4.78, 5) is -0.0666. The Morgan fingerprint density at radius 2 is 1.73 bits per heavy atom. The van der Waals surface area contributed by atoms with Gasteiger partial charge in [0.15, 0.2) is 0 Å². The average molecular weight is 380 g/mol. The zero-order valence-electron chi connectivity index (χ0n) is 14.2. The molecule has 0 aliphatic carbocycles. The van der Waals surface area contributed by atoms with Crippen molar-refractivity contribution in [2.24, 2.45) is 15.9 Å². The number of nitrogens with zero attached hydrogens (tertiary/aromatic N) is 2. The molecule has 0 aromatic heterocycles. The fraction of sp³-hybridized carbons (Fsp3) is 0.125. The summed E-state index contributed by atoms with van der Waals surface area (Å²) >= 11 is 0. The van der Waals surface area contributed by atoms with Gasteiger partial charge in [0.05, 0.1) is 18.2 Å². The number of hydrogen-bond acceptors (Lipinski definition) is 6. The fourth-order valence-electron chi connectivity index (χ4n) is 1.58. The van der Waals surface area contributed by atoms with Crippen LogP contribution in [0.25, 0.3) is 0 Å². The predicted molar refractivity (Wildman–Crippen MR) is 98.1 cm³/mol. The van der Waals surface area contributed by atoms with Gasteiger partial charge in [-0.15, -0.1) is 5.10 Å². The molecule has 26 heavy (non-hydrogen) atoms. The Labute approximate surface area is 151 Å². The van der Waals surface area contributed by atoms with Gasteiger partial charge in [-0.3, -0.25) is 9.76 Å². The number of rotatable bonds is 4. The van der Waals surface area contributed by atoms with Crippen molar-refractivity contribution in [3.63, 3.8) is 0 Å². The summed E-state index contributed by atoms with van der Waals surface area (Å²) in [5.74, 6) is 0.604. The molecule has 0 amide bonds. The molecular weight excluding hydrogens is 360 g/mol. The first kappa shape index (κ1) is 21.1. The lowest BCUT2D eigenvalue weighted by Gasteiger charge is -1.98. The number of guanidine groups is 1. The zero-order valence-corrected chi connectivity index (χ0v) is 15.0. The summed E-state index contributed by atoms with van der Waals surface area (Å²) in [6.07, 6.45) is 1.50. The van der Waals surface area contributed by atoms with E-state index in [2.05, 4.69) is 10.2 Å². The van der Waals surface area contributed by atoms with Gasteiger partial charge < -0.3 is 10.5 Å². The van der Waals surface area contributed by atoms with E-state index in [9.17, 15) is 8.42 Å². The summed E-state index contributed by atoms with van der Waals surface area (Å²) in [7, 11) is -2.42. The van der Waals surface area contributed by atoms with Gasteiger partial charge >= 0.3 is 0 Å². The van der Waals surface area contributed by atoms with Crippen LogP contribution in [0.1, 0.15) is 11.1 Å². The first-order valence-electron chi connectivity index (χ1n) is 7.21. The lowest BCUT2D eigenvalue weighted by Crippen LogP contribution is -2.27. The predicted octanol–water partition coefficient (Wildman–Crippen LogP) is 1.56. The third kappa shape index (κ3) is 7.75. The molecular formula is C16H20N4O5S. The molecule has 0 aliphatic rings. The number of hydroxylamine groups is 1. The highest BCUT2D eigenvalue weighted by atomic mass is 32.2. The van der Waals surface area contributed by atoms with E-state index in [0.29, 0.717) is 0 Å². The second kappa shape index (κ2) is 10.1. The van der Waals surface area contributed by atoms with Gasteiger partial charge in [-0.1, -0.05) is 17.7 Å². The highest BCUT2D eigenvalue weighted by molar-refractivity contribution is 7.85. The van der Waals surface area contributed by atoms with Gasteiger partial charge in [0.25, 0.3) is 10.1 Å². The van der Waals surface area contributed by atoms with Crippen LogP contribution >= 0.6 is 0 Å². The molecule has 0 radical (unpaired) electrons. The Kier molecular flexibility index (Phi) is 8.22. The minimum atomic E-state index is -4.02. The van der Waals surface area contributed by atoms with Gasteiger partial charge in [-0.05, 0) is 48.9 Å². The van der Waals surface area contributed by atoms with E-state index in [4.69, 9.17) is 20.2 Å². The highest BCUT2D eigenvalue weighted by Gasteiger charge is 2.06. The van der Waals surface area contributed by atoms with Gasteiger partial charge in [-0.25, -0.2) is 5.48 Å². The van der Waals surface area contributed by atoms with Crippen LogP contribution in [0.5, 0.6) is 5.75 Å². The molecule has 9 nitrogen and oxygen atoms in total. The smallest absolute Gasteiger partial charge is 0.294 e. The van der Waals surface area contributed by atoms with Crippen LogP contribution in [0.2, 0.25) is 0 Å². The monoisotopic (exact) mass is 380 g/mol. The van der Waals surface area contributed by atoms with Gasteiger partial charge in [0.2, 0.25) is 5.96 Å². The second-order valence-electron chi connectivity index (χ2n) is 4.90. The largest absolute Gasteiger partial charge is 0.497 e. The van der Waals surface area contributed by atoms with E-state index in [0.717, 1.165) is 16.9 Å². The molecule has 0 saturated carbocycles. The number of hydrogen-bond donors (Lipinski definition) is 4. The molecule has 5 N–H and O–H groups in total. The van der Waals surface area contributed by atoms with Crippen molar-refractivity contribution in [2.75, 3.05) is 7.11 Å². The molecule has 2 aromatic rings. The summed E-state index contributed by atoms with van der Waals surface area (Å²) in [6.45, 7) is 1.84. The third-order valence-electron chi connectivity index (χ3n) is 2.92. The van der Waals surface area contributed by atoms with Crippen LogP contribution < -0.4 is 16.0 Å². The van der Waals surface area contributed by atoms with E-state index < -0.39 is 10.1 Å². The first-order valence-corrected chi connectivity index (χ1v) is 8.65. The van der Waals surface area contributed by atoms with E-state index in [-0.39, 0.29) is 10.9 Å². The summed E-state index contributed by atoms with van der Waals surface area (Å²) in [6, 6.07) is 13.2.